The predicted octanol–water partition coefficient (Wildman–Crippen LogP) is 4.85. The van der Waals surface area contributed by atoms with Crippen molar-refractivity contribution in [2.75, 3.05) is 23.3 Å². The van der Waals surface area contributed by atoms with Crippen molar-refractivity contribution in [3.63, 3.8) is 0 Å². The van der Waals surface area contributed by atoms with Crippen LogP contribution in [0.3, 0.4) is 0 Å². The van der Waals surface area contributed by atoms with Gasteiger partial charge in [0.25, 0.3) is 5.69 Å². The molecular weight excluding hydrogens is 326 g/mol. The van der Waals surface area contributed by atoms with Crippen LogP contribution < -0.4 is 10.2 Å². The van der Waals surface area contributed by atoms with Gasteiger partial charge in [0.05, 0.1) is 15.6 Å². The fourth-order valence-electron chi connectivity index (χ4n) is 2.95. The zero-order valence-corrected chi connectivity index (χ0v) is 14.1. The molecule has 0 spiro atoms. The molecule has 0 unspecified atom stereocenters. The number of non-ortho nitro benzene ring substituents is 1. The number of nitro benzene ring substituents is 1. The summed E-state index contributed by atoms with van der Waals surface area (Å²) in [5.74, 6) is 0. The van der Waals surface area contributed by atoms with Crippen molar-refractivity contribution in [2.45, 2.75) is 25.8 Å². The van der Waals surface area contributed by atoms with Crippen LogP contribution in [0.25, 0.3) is 0 Å². The van der Waals surface area contributed by atoms with Gasteiger partial charge in [-0.2, -0.15) is 0 Å². The SMILES string of the molecule is O=[N+]([O-])c1ccc(CNc2ccc(N3CCCCC3)c(Cl)c2)cc1. The largest absolute Gasteiger partial charge is 0.381 e. The van der Waals surface area contributed by atoms with Crippen molar-refractivity contribution in [3.8, 4) is 0 Å². The minimum absolute atomic E-state index is 0.104. The monoisotopic (exact) mass is 345 g/mol. The van der Waals surface area contributed by atoms with Gasteiger partial charge in [-0.3, -0.25) is 10.1 Å². The van der Waals surface area contributed by atoms with E-state index in [1.807, 2.05) is 12.1 Å². The van der Waals surface area contributed by atoms with Crippen LogP contribution in [0.4, 0.5) is 17.1 Å². The average Bonchev–Trinajstić information content (AvgIpc) is 2.61. The number of rotatable bonds is 5. The lowest BCUT2D eigenvalue weighted by Gasteiger charge is -2.29. The van der Waals surface area contributed by atoms with Crippen molar-refractivity contribution in [1.29, 1.82) is 0 Å². The van der Waals surface area contributed by atoms with Crippen molar-refractivity contribution in [2.24, 2.45) is 0 Å². The molecule has 1 N–H and O–H groups in total. The normalized spacial score (nSPS) is 14.5. The third-order valence-corrected chi connectivity index (χ3v) is 4.59. The molecule has 0 amide bonds. The lowest BCUT2D eigenvalue weighted by Crippen LogP contribution is -2.29. The van der Waals surface area contributed by atoms with Crippen LogP contribution in [-0.2, 0) is 6.54 Å². The first kappa shape index (κ1) is 16.6. The Kier molecular flexibility index (Phi) is 5.20. The quantitative estimate of drug-likeness (QED) is 0.621. The molecule has 0 aliphatic carbocycles. The molecular formula is C18H20ClN3O2. The molecule has 0 bridgehead atoms. The Bertz CT molecular complexity index is 713. The van der Waals surface area contributed by atoms with Gasteiger partial charge < -0.3 is 10.2 Å². The van der Waals surface area contributed by atoms with Crippen molar-refractivity contribution in [1.82, 2.24) is 0 Å². The van der Waals surface area contributed by atoms with Crippen LogP contribution in [0.2, 0.25) is 5.02 Å². The predicted molar refractivity (Wildman–Crippen MR) is 97.9 cm³/mol. The highest BCUT2D eigenvalue weighted by molar-refractivity contribution is 6.33. The third-order valence-electron chi connectivity index (χ3n) is 4.29. The molecule has 2 aromatic carbocycles. The van der Waals surface area contributed by atoms with Crippen LogP contribution in [0.1, 0.15) is 24.8 Å². The van der Waals surface area contributed by atoms with E-state index in [0.717, 1.165) is 35.1 Å². The molecule has 126 valence electrons. The van der Waals surface area contributed by atoms with Gasteiger partial charge in [0.2, 0.25) is 0 Å². The van der Waals surface area contributed by atoms with Gasteiger partial charge in [0, 0.05) is 37.5 Å². The number of nitrogens with zero attached hydrogens (tertiary/aromatic N) is 2. The highest BCUT2D eigenvalue weighted by atomic mass is 35.5. The minimum Gasteiger partial charge on any atom is -0.381 e. The molecule has 1 saturated heterocycles. The summed E-state index contributed by atoms with van der Waals surface area (Å²) in [6.07, 6.45) is 3.73. The van der Waals surface area contributed by atoms with Gasteiger partial charge in [-0.1, -0.05) is 23.7 Å². The first-order valence-corrected chi connectivity index (χ1v) is 8.53. The van der Waals surface area contributed by atoms with E-state index in [1.54, 1.807) is 12.1 Å². The van der Waals surface area contributed by atoms with E-state index in [2.05, 4.69) is 16.3 Å². The molecule has 1 heterocycles. The first-order valence-electron chi connectivity index (χ1n) is 8.15. The summed E-state index contributed by atoms with van der Waals surface area (Å²) in [4.78, 5) is 12.6. The Morgan fingerprint density at radius 2 is 1.79 bits per heavy atom. The molecule has 0 radical (unpaired) electrons. The highest BCUT2D eigenvalue weighted by Gasteiger charge is 2.14. The van der Waals surface area contributed by atoms with Gasteiger partial charge >= 0.3 is 0 Å². The lowest BCUT2D eigenvalue weighted by atomic mass is 10.1. The molecule has 0 aromatic heterocycles. The van der Waals surface area contributed by atoms with Crippen molar-refractivity contribution >= 4 is 28.7 Å². The number of hydrogen-bond donors (Lipinski definition) is 1. The average molecular weight is 346 g/mol. The highest BCUT2D eigenvalue weighted by Crippen LogP contribution is 2.31. The molecule has 0 atom stereocenters. The summed E-state index contributed by atoms with van der Waals surface area (Å²) >= 11 is 6.44. The smallest absolute Gasteiger partial charge is 0.269 e. The van der Waals surface area contributed by atoms with E-state index in [4.69, 9.17) is 11.6 Å². The van der Waals surface area contributed by atoms with E-state index in [1.165, 1.54) is 31.4 Å². The van der Waals surface area contributed by atoms with Gasteiger partial charge in [-0.05, 0) is 43.0 Å². The lowest BCUT2D eigenvalue weighted by molar-refractivity contribution is -0.384. The van der Waals surface area contributed by atoms with Crippen LogP contribution in [0, 0.1) is 10.1 Å². The van der Waals surface area contributed by atoms with Crippen LogP contribution >= 0.6 is 11.6 Å². The second kappa shape index (κ2) is 7.53. The second-order valence-electron chi connectivity index (χ2n) is 5.99. The molecule has 3 rings (SSSR count). The minimum atomic E-state index is -0.393. The van der Waals surface area contributed by atoms with E-state index >= 15 is 0 Å². The van der Waals surface area contributed by atoms with E-state index in [0.29, 0.717) is 6.54 Å². The zero-order chi connectivity index (χ0) is 16.9. The van der Waals surface area contributed by atoms with Crippen molar-refractivity contribution in [3.05, 3.63) is 63.2 Å². The van der Waals surface area contributed by atoms with Crippen LogP contribution in [0.5, 0.6) is 0 Å². The number of benzene rings is 2. The molecule has 0 saturated carbocycles. The zero-order valence-electron chi connectivity index (χ0n) is 13.4. The molecule has 1 aliphatic heterocycles. The number of nitrogens with one attached hydrogen (secondary N) is 1. The van der Waals surface area contributed by atoms with E-state index in [9.17, 15) is 10.1 Å². The maximum Gasteiger partial charge on any atom is 0.269 e. The Hall–Kier alpha value is -2.27. The summed E-state index contributed by atoms with van der Waals surface area (Å²) < 4.78 is 0. The first-order chi connectivity index (χ1) is 11.6. The van der Waals surface area contributed by atoms with Crippen LogP contribution in [0.15, 0.2) is 42.5 Å². The molecule has 6 heteroatoms. The number of hydrogen-bond acceptors (Lipinski definition) is 4. The molecule has 1 fully saturated rings. The molecule has 5 nitrogen and oxygen atoms in total. The summed E-state index contributed by atoms with van der Waals surface area (Å²) in [6, 6.07) is 12.6. The fraction of sp³-hybridized carbons (Fsp3) is 0.333. The van der Waals surface area contributed by atoms with Crippen molar-refractivity contribution < 1.29 is 4.92 Å². The van der Waals surface area contributed by atoms with Gasteiger partial charge in [0.1, 0.15) is 0 Å². The topological polar surface area (TPSA) is 58.4 Å². The standard InChI is InChI=1S/C18H20ClN3O2/c19-17-12-15(6-9-18(17)21-10-2-1-3-11-21)20-13-14-4-7-16(8-5-14)22(23)24/h4-9,12,20H,1-3,10-11,13H2. The maximum absolute atomic E-state index is 10.7. The summed E-state index contributed by atoms with van der Waals surface area (Å²) in [5, 5.41) is 14.7. The summed E-state index contributed by atoms with van der Waals surface area (Å²) in [7, 11) is 0. The van der Waals surface area contributed by atoms with Crippen LogP contribution in [-0.4, -0.2) is 18.0 Å². The van der Waals surface area contributed by atoms with Gasteiger partial charge in [-0.15, -0.1) is 0 Å². The molecule has 1 aliphatic rings. The Morgan fingerprint density at radius 3 is 2.42 bits per heavy atom. The number of anilines is 2. The van der Waals surface area contributed by atoms with E-state index in [-0.39, 0.29) is 5.69 Å². The molecule has 24 heavy (non-hydrogen) atoms. The summed E-state index contributed by atoms with van der Waals surface area (Å²) in [5.41, 5.74) is 3.13. The number of halogens is 1. The van der Waals surface area contributed by atoms with E-state index < -0.39 is 4.92 Å². The Balaban J connectivity index is 1.63. The van der Waals surface area contributed by atoms with Gasteiger partial charge in [0.15, 0.2) is 0 Å². The number of nitro groups is 1. The Labute approximate surface area is 146 Å². The number of piperidine rings is 1. The third kappa shape index (κ3) is 3.97. The maximum atomic E-state index is 10.7. The Morgan fingerprint density at radius 1 is 1.08 bits per heavy atom. The fourth-order valence-corrected chi connectivity index (χ4v) is 3.25. The molecule has 2 aromatic rings. The van der Waals surface area contributed by atoms with Gasteiger partial charge in [-0.25, -0.2) is 0 Å². The summed E-state index contributed by atoms with van der Waals surface area (Å²) in [6.45, 7) is 2.72. The second-order valence-corrected chi connectivity index (χ2v) is 6.40.